The molecular weight excluding hydrogens is 342 g/mol. The van der Waals surface area contributed by atoms with Crippen molar-refractivity contribution in [1.82, 2.24) is 5.43 Å². The number of nitrogens with zero attached hydrogens (tertiary/aromatic N) is 1. The van der Waals surface area contributed by atoms with Crippen LogP contribution >= 0.6 is 0 Å². The summed E-state index contributed by atoms with van der Waals surface area (Å²) in [4.78, 5) is 24.0. The van der Waals surface area contributed by atoms with E-state index in [9.17, 15) is 9.59 Å². The average molecular weight is 365 g/mol. The highest BCUT2D eigenvalue weighted by Crippen LogP contribution is 2.30. The van der Waals surface area contributed by atoms with E-state index in [1.54, 1.807) is 7.11 Å². The first-order valence-electron chi connectivity index (χ1n) is 8.92. The minimum atomic E-state index is -0.197. The Morgan fingerprint density at radius 1 is 1.15 bits per heavy atom. The summed E-state index contributed by atoms with van der Waals surface area (Å²) < 4.78 is 5.10. The summed E-state index contributed by atoms with van der Waals surface area (Å²) in [6, 6.07) is 14.8. The standard InChI is InChI=1S/C21H23N3O3/c1-14(17-4-3-5-18(13-17)22-21(26)16-8-9-16)23-24-20(25)12-15-6-10-19(27-2)11-7-15/h3-7,10-11,13,16H,8-9,12H2,1-2H3,(H,22,26)(H,24,25)/b23-14+. The first kappa shape index (κ1) is 18.6. The zero-order valence-electron chi connectivity index (χ0n) is 15.5. The molecule has 0 unspecified atom stereocenters. The van der Waals surface area contributed by atoms with Gasteiger partial charge in [-0.25, -0.2) is 5.43 Å². The molecule has 0 aromatic heterocycles. The van der Waals surface area contributed by atoms with Gasteiger partial charge in [-0.05, 0) is 55.2 Å². The molecule has 0 saturated heterocycles. The maximum Gasteiger partial charge on any atom is 0.244 e. The number of carbonyl (C=O) groups excluding carboxylic acids is 2. The lowest BCUT2D eigenvalue weighted by atomic mass is 10.1. The summed E-state index contributed by atoms with van der Waals surface area (Å²) >= 11 is 0. The van der Waals surface area contributed by atoms with Crippen LogP contribution in [0.2, 0.25) is 0 Å². The second-order valence-corrected chi connectivity index (χ2v) is 6.60. The second-order valence-electron chi connectivity index (χ2n) is 6.60. The van der Waals surface area contributed by atoms with Crippen molar-refractivity contribution < 1.29 is 14.3 Å². The smallest absolute Gasteiger partial charge is 0.244 e. The molecule has 2 aromatic rings. The maximum absolute atomic E-state index is 12.1. The third-order valence-electron chi connectivity index (χ3n) is 4.37. The first-order chi connectivity index (χ1) is 13.0. The van der Waals surface area contributed by atoms with Crippen LogP contribution in [0.4, 0.5) is 5.69 Å². The van der Waals surface area contributed by atoms with Gasteiger partial charge in [-0.2, -0.15) is 5.10 Å². The number of methoxy groups -OCH3 is 1. The van der Waals surface area contributed by atoms with Crippen LogP contribution in [-0.4, -0.2) is 24.6 Å². The van der Waals surface area contributed by atoms with E-state index in [0.717, 1.165) is 35.4 Å². The summed E-state index contributed by atoms with van der Waals surface area (Å²) in [7, 11) is 1.60. The van der Waals surface area contributed by atoms with Crippen LogP contribution in [0.15, 0.2) is 53.6 Å². The molecule has 2 N–H and O–H groups in total. The topological polar surface area (TPSA) is 79.8 Å². The Hall–Kier alpha value is -3.15. The number of nitrogens with one attached hydrogen (secondary N) is 2. The van der Waals surface area contributed by atoms with E-state index in [4.69, 9.17) is 4.74 Å². The Bertz CT molecular complexity index is 855. The van der Waals surface area contributed by atoms with Gasteiger partial charge in [-0.3, -0.25) is 9.59 Å². The number of anilines is 1. The minimum absolute atomic E-state index is 0.0644. The van der Waals surface area contributed by atoms with E-state index in [1.165, 1.54) is 0 Å². The molecule has 6 nitrogen and oxygen atoms in total. The third-order valence-corrected chi connectivity index (χ3v) is 4.37. The van der Waals surface area contributed by atoms with Crippen molar-refractivity contribution in [3.05, 3.63) is 59.7 Å². The van der Waals surface area contributed by atoms with Gasteiger partial charge in [-0.15, -0.1) is 0 Å². The number of hydrogen-bond acceptors (Lipinski definition) is 4. The molecular formula is C21H23N3O3. The number of amides is 2. The SMILES string of the molecule is COc1ccc(CC(=O)N/N=C(\C)c2cccc(NC(=O)C3CC3)c2)cc1. The Morgan fingerprint density at radius 2 is 1.89 bits per heavy atom. The molecule has 0 radical (unpaired) electrons. The summed E-state index contributed by atoms with van der Waals surface area (Å²) in [6.07, 6.45) is 2.16. The van der Waals surface area contributed by atoms with Crippen molar-refractivity contribution in [2.75, 3.05) is 12.4 Å². The first-order valence-corrected chi connectivity index (χ1v) is 8.92. The molecule has 0 aliphatic heterocycles. The molecule has 0 spiro atoms. The lowest BCUT2D eigenvalue weighted by molar-refractivity contribution is -0.120. The quantitative estimate of drug-likeness (QED) is 0.584. The van der Waals surface area contributed by atoms with E-state index in [0.29, 0.717) is 5.71 Å². The number of ether oxygens (including phenoxy) is 1. The number of hydrazone groups is 1. The predicted octanol–water partition coefficient (Wildman–Crippen LogP) is 3.13. The number of benzene rings is 2. The van der Waals surface area contributed by atoms with Crippen molar-refractivity contribution in [2.45, 2.75) is 26.2 Å². The van der Waals surface area contributed by atoms with E-state index < -0.39 is 0 Å². The molecule has 2 amide bonds. The van der Waals surface area contributed by atoms with Crippen molar-refractivity contribution in [3.63, 3.8) is 0 Å². The highest BCUT2D eigenvalue weighted by molar-refractivity contribution is 6.01. The molecule has 140 valence electrons. The number of carbonyl (C=O) groups is 2. The molecule has 3 rings (SSSR count). The monoisotopic (exact) mass is 365 g/mol. The van der Waals surface area contributed by atoms with Gasteiger partial charge in [0, 0.05) is 11.6 Å². The van der Waals surface area contributed by atoms with Gasteiger partial charge in [0.2, 0.25) is 11.8 Å². The maximum atomic E-state index is 12.1. The van der Waals surface area contributed by atoms with Gasteiger partial charge >= 0.3 is 0 Å². The van der Waals surface area contributed by atoms with Crippen molar-refractivity contribution in [3.8, 4) is 5.75 Å². The van der Waals surface area contributed by atoms with E-state index in [2.05, 4.69) is 15.8 Å². The van der Waals surface area contributed by atoms with Crippen molar-refractivity contribution in [1.29, 1.82) is 0 Å². The Labute approximate surface area is 158 Å². The summed E-state index contributed by atoms with van der Waals surface area (Å²) in [5.41, 5.74) is 5.71. The molecule has 0 atom stereocenters. The third kappa shape index (κ3) is 5.41. The Kier molecular flexibility index (Phi) is 5.86. The second kappa shape index (κ2) is 8.49. The summed E-state index contributed by atoms with van der Waals surface area (Å²) in [5.74, 6) is 0.773. The van der Waals surface area contributed by atoms with Crippen LogP contribution in [0.1, 0.15) is 30.9 Å². The van der Waals surface area contributed by atoms with Gasteiger partial charge in [0.05, 0.1) is 19.2 Å². The molecule has 1 saturated carbocycles. The van der Waals surface area contributed by atoms with Gasteiger partial charge in [0.25, 0.3) is 0 Å². The molecule has 1 fully saturated rings. The number of hydrogen-bond donors (Lipinski definition) is 2. The van der Waals surface area contributed by atoms with Crippen LogP contribution in [0, 0.1) is 5.92 Å². The van der Waals surface area contributed by atoms with Crippen LogP contribution in [0.25, 0.3) is 0 Å². The lowest BCUT2D eigenvalue weighted by Gasteiger charge is -2.07. The van der Waals surface area contributed by atoms with Crippen LogP contribution in [-0.2, 0) is 16.0 Å². The molecule has 2 aromatic carbocycles. The number of rotatable bonds is 7. The highest BCUT2D eigenvalue weighted by atomic mass is 16.5. The molecule has 27 heavy (non-hydrogen) atoms. The molecule has 0 heterocycles. The van der Waals surface area contributed by atoms with Crippen LogP contribution < -0.4 is 15.5 Å². The fraction of sp³-hybridized carbons (Fsp3) is 0.286. The molecule has 1 aliphatic rings. The Balaban J connectivity index is 1.57. The average Bonchev–Trinajstić information content (AvgIpc) is 3.52. The minimum Gasteiger partial charge on any atom is -0.497 e. The van der Waals surface area contributed by atoms with Gasteiger partial charge in [-0.1, -0.05) is 24.3 Å². The predicted molar refractivity (Wildman–Crippen MR) is 105 cm³/mol. The van der Waals surface area contributed by atoms with Crippen LogP contribution in [0.3, 0.4) is 0 Å². The van der Waals surface area contributed by atoms with Gasteiger partial charge in [0.15, 0.2) is 0 Å². The van der Waals surface area contributed by atoms with E-state index >= 15 is 0 Å². The Morgan fingerprint density at radius 3 is 2.56 bits per heavy atom. The van der Waals surface area contributed by atoms with Gasteiger partial charge in [0.1, 0.15) is 5.75 Å². The lowest BCUT2D eigenvalue weighted by Crippen LogP contribution is -2.21. The summed E-state index contributed by atoms with van der Waals surface area (Å²) in [6.45, 7) is 1.81. The van der Waals surface area contributed by atoms with Crippen molar-refractivity contribution in [2.24, 2.45) is 11.0 Å². The van der Waals surface area contributed by atoms with Crippen LogP contribution in [0.5, 0.6) is 5.75 Å². The highest BCUT2D eigenvalue weighted by Gasteiger charge is 2.29. The zero-order valence-corrected chi connectivity index (χ0v) is 15.5. The fourth-order valence-corrected chi connectivity index (χ4v) is 2.59. The zero-order chi connectivity index (χ0) is 19.2. The largest absolute Gasteiger partial charge is 0.497 e. The van der Waals surface area contributed by atoms with Gasteiger partial charge < -0.3 is 10.1 Å². The molecule has 1 aliphatic carbocycles. The van der Waals surface area contributed by atoms with E-state index in [1.807, 2.05) is 55.5 Å². The van der Waals surface area contributed by atoms with Crippen molar-refractivity contribution >= 4 is 23.2 Å². The molecule has 0 bridgehead atoms. The summed E-state index contributed by atoms with van der Waals surface area (Å²) in [5, 5.41) is 7.09. The normalized spacial score (nSPS) is 13.8. The van der Waals surface area contributed by atoms with E-state index in [-0.39, 0.29) is 24.2 Å². The fourth-order valence-electron chi connectivity index (χ4n) is 2.59. The molecule has 6 heteroatoms.